The van der Waals surface area contributed by atoms with Gasteiger partial charge in [0, 0.05) is 29.5 Å². The molecule has 0 aliphatic carbocycles. The molecule has 2 rings (SSSR count). The summed E-state index contributed by atoms with van der Waals surface area (Å²) in [6.07, 6.45) is 0. The molecule has 0 amide bonds. The molecule has 0 saturated heterocycles. The van der Waals surface area contributed by atoms with E-state index in [9.17, 15) is 24.8 Å². The molecule has 1 aromatic rings. The molecule has 0 bridgehead atoms. The number of nitrogens with zero attached hydrogens (tertiary/aromatic N) is 2. The Balaban J connectivity index is 2.60. The van der Waals surface area contributed by atoms with Crippen molar-refractivity contribution in [3.8, 4) is 0 Å². The number of ether oxygens (including phenoxy) is 1. The quantitative estimate of drug-likeness (QED) is 0.497. The van der Waals surface area contributed by atoms with Crippen LogP contribution >= 0.6 is 0 Å². The predicted octanol–water partition coefficient (Wildman–Crippen LogP) is 2.69. The van der Waals surface area contributed by atoms with Crippen molar-refractivity contribution < 1.29 is 24.4 Å². The highest BCUT2D eigenvalue weighted by atomic mass is 16.6. The maximum atomic E-state index is 12.4. The second-order valence-electron chi connectivity index (χ2n) is 5.61. The van der Waals surface area contributed by atoms with Crippen LogP contribution in [0, 0.1) is 16.0 Å². The summed E-state index contributed by atoms with van der Waals surface area (Å²) in [4.78, 5) is 38.7. The molecule has 0 aromatic heterocycles. The monoisotopic (exact) mass is 346 g/mol. The highest BCUT2D eigenvalue weighted by Crippen LogP contribution is 2.40. The van der Waals surface area contributed by atoms with Crippen LogP contribution < -0.4 is 0 Å². The lowest BCUT2D eigenvalue weighted by Crippen LogP contribution is -2.35. The molecular formula is C17H18N2O6. The molecular weight excluding hydrogens is 328 g/mol. The van der Waals surface area contributed by atoms with Gasteiger partial charge in [0.25, 0.3) is 5.69 Å². The number of non-ortho nitro benzene ring substituents is 1. The van der Waals surface area contributed by atoms with Crippen molar-refractivity contribution in [2.45, 2.75) is 26.7 Å². The number of rotatable bonds is 5. The number of carbonyl (C=O) groups is 2. The van der Waals surface area contributed by atoms with Gasteiger partial charge in [-0.05, 0) is 26.3 Å². The fraction of sp³-hybridized carbons (Fsp3) is 0.353. The summed E-state index contributed by atoms with van der Waals surface area (Å²) >= 11 is 0. The molecule has 1 aliphatic heterocycles. The van der Waals surface area contributed by atoms with Crippen molar-refractivity contribution in [1.82, 2.24) is 0 Å². The molecule has 0 saturated carbocycles. The minimum Gasteiger partial charge on any atom is -0.481 e. The topological polar surface area (TPSA) is 119 Å². The number of nitro benzene ring substituents is 1. The largest absolute Gasteiger partial charge is 0.481 e. The molecule has 2 unspecified atom stereocenters. The lowest BCUT2D eigenvalue weighted by molar-refractivity contribution is -0.384. The molecule has 132 valence electrons. The number of hydrogen-bond donors (Lipinski definition) is 1. The molecule has 1 aliphatic rings. The van der Waals surface area contributed by atoms with Crippen LogP contribution in [0.15, 0.2) is 40.5 Å². The number of hydrogen-bond acceptors (Lipinski definition) is 6. The van der Waals surface area contributed by atoms with E-state index in [1.165, 1.54) is 24.3 Å². The number of esters is 1. The first kappa shape index (κ1) is 18.3. The Hall–Kier alpha value is -3.03. The van der Waals surface area contributed by atoms with E-state index in [1.807, 2.05) is 0 Å². The summed E-state index contributed by atoms with van der Waals surface area (Å²) in [6, 6.07) is 5.49. The van der Waals surface area contributed by atoms with Crippen molar-refractivity contribution in [2.75, 3.05) is 6.61 Å². The van der Waals surface area contributed by atoms with Crippen molar-refractivity contribution in [3.63, 3.8) is 0 Å². The van der Waals surface area contributed by atoms with Gasteiger partial charge in [-0.2, -0.15) is 0 Å². The standard InChI is InChI=1S/C17H18N2O6/c1-4-25-17(22)14-10(3)18-9(2)13(16(20)21)15(14)11-5-7-12(8-6-11)19(23)24/h5-8,13,15H,4H2,1-3H3,(H,20,21). The van der Waals surface area contributed by atoms with Gasteiger partial charge in [-0.3, -0.25) is 19.9 Å². The average molecular weight is 346 g/mol. The number of benzene rings is 1. The van der Waals surface area contributed by atoms with E-state index in [0.717, 1.165) is 0 Å². The van der Waals surface area contributed by atoms with Gasteiger partial charge in [-0.15, -0.1) is 0 Å². The lowest BCUT2D eigenvalue weighted by Gasteiger charge is -2.30. The van der Waals surface area contributed by atoms with Gasteiger partial charge in [0.05, 0.1) is 17.1 Å². The first-order chi connectivity index (χ1) is 11.8. The maximum absolute atomic E-state index is 12.4. The first-order valence-corrected chi connectivity index (χ1v) is 7.68. The van der Waals surface area contributed by atoms with Gasteiger partial charge in [-0.25, -0.2) is 4.79 Å². The highest BCUT2D eigenvalue weighted by molar-refractivity contribution is 6.06. The molecule has 25 heavy (non-hydrogen) atoms. The maximum Gasteiger partial charge on any atom is 0.336 e. The third-order valence-electron chi connectivity index (χ3n) is 4.05. The fourth-order valence-corrected chi connectivity index (χ4v) is 2.99. The number of aliphatic imine (C=N–C) groups is 1. The van der Waals surface area contributed by atoms with Crippen molar-refractivity contribution in [3.05, 3.63) is 51.2 Å². The van der Waals surface area contributed by atoms with Crippen LogP contribution in [0.5, 0.6) is 0 Å². The van der Waals surface area contributed by atoms with Crippen LogP contribution in [0.3, 0.4) is 0 Å². The van der Waals surface area contributed by atoms with Crippen LogP contribution in [0.1, 0.15) is 32.3 Å². The third kappa shape index (κ3) is 3.57. The number of nitro groups is 1. The second kappa shape index (κ2) is 7.25. The van der Waals surface area contributed by atoms with E-state index < -0.39 is 28.7 Å². The SMILES string of the molecule is CCOC(=O)C1=C(C)N=C(C)C(C(=O)O)C1c1ccc([N+](=O)[O-])cc1. The summed E-state index contributed by atoms with van der Waals surface area (Å²) in [5.41, 5.74) is 1.27. The van der Waals surface area contributed by atoms with Gasteiger partial charge < -0.3 is 9.84 Å². The first-order valence-electron chi connectivity index (χ1n) is 7.68. The average Bonchev–Trinajstić information content (AvgIpc) is 2.53. The zero-order valence-corrected chi connectivity index (χ0v) is 14.1. The van der Waals surface area contributed by atoms with Gasteiger partial charge in [0.2, 0.25) is 0 Å². The number of allylic oxidation sites excluding steroid dienone is 1. The van der Waals surface area contributed by atoms with Crippen LogP contribution in [0.4, 0.5) is 5.69 Å². The van der Waals surface area contributed by atoms with Gasteiger partial charge in [-0.1, -0.05) is 12.1 Å². The van der Waals surface area contributed by atoms with Crippen LogP contribution in [0.2, 0.25) is 0 Å². The smallest absolute Gasteiger partial charge is 0.336 e. The molecule has 1 heterocycles. The summed E-state index contributed by atoms with van der Waals surface area (Å²) < 4.78 is 5.06. The Kier molecular flexibility index (Phi) is 5.31. The van der Waals surface area contributed by atoms with E-state index >= 15 is 0 Å². The predicted molar refractivity (Wildman–Crippen MR) is 89.4 cm³/mol. The van der Waals surface area contributed by atoms with E-state index in [1.54, 1.807) is 20.8 Å². The zero-order chi connectivity index (χ0) is 18.7. The van der Waals surface area contributed by atoms with E-state index in [0.29, 0.717) is 17.0 Å². The number of carboxylic acid groups (broad SMARTS) is 1. The van der Waals surface area contributed by atoms with E-state index in [4.69, 9.17) is 4.74 Å². The molecule has 0 spiro atoms. The van der Waals surface area contributed by atoms with E-state index in [-0.39, 0.29) is 17.9 Å². The molecule has 8 heteroatoms. The van der Waals surface area contributed by atoms with E-state index in [2.05, 4.69) is 4.99 Å². The molecule has 1 aromatic carbocycles. The normalized spacial score (nSPS) is 20.0. The van der Waals surface area contributed by atoms with Crippen LogP contribution in [-0.4, -0.2) is 34.3 Å². The fourth-order valence-electron chi connectivity index (χ4n) is 2.99. The zero-order valence-electron chi connectivity index (χ0n) is 14.1. The molecule has 0 fully saturated rings. The summed E-state index contributed by atoms with van der Waals surface area (Å²) in [7, 11) is 0. The Bertz CT molecular complexity index is 779. The number of carbonyl (C=O) groups excluding carboxylic acids is 1. The number of carboxylic acids is 1. The Labute approximate surface area is 144 Å². The summed E-state index contributed by atoms with van der Waals surface area (Å²) in [6.45, 7) is 5.00. The lowest BCUT2D eigenvalue weighted by atomic mass is 9.75. The third-order valence-corrected chi connectivity index (χ3v) is 4.05. The Morgan fingerprint density at radius 3 is 2.36 bits per heavy atom. The Morgan fingerprint density at radius 2 is 1.88 bits per heavy atom. The molecule has 1 N–H and O–H groups in total. The minimum absolute atomic E-state index is 0.116. The molecule has 2 atom stereocenters. The Morgan fingerprint density at radius 1 is 1.28 bits per heavy atom. The number of aliphatic carboxylic acids is 1. The molecule has 8 nitrogen and oxygen atoms in total. The summed E-state index contributed by atoms with van der Waals surface area (Å²) in [5.74, 6) is -3.64. The van der Waals surface area contributed by atoms with Crippen LogP contribution in [0.25, 0.3) is 0 Å². The summed E-state index contributed by atoms with van der Waals surface area (Å²) in [5, 5.41) is 20.5. The highest BCUT2D eigenvalue weighted by Gasteiger charge is 2.41. The van der Waals surface area contributed by atoms with Crippen molar-refractivity contribution in [1.29, 1.82) is 0 Å². The van der Waals surface area contributed by atoms with Gasteiger partial charge in [0.1, 0.15) is 5.92 Å². The van der Waals surface area contributed by atoms with Gasteiger partial charge in [0.15, 0.2) is 0 Å². The minimum atomic E-state index is -1.13. The van der Waals surface area contributed by atoms with Gasteiger partial charge >= 0.3 is 11.9 Å². The van der Waals surface area contributed by atoms with Crippen molar-refractivity contribution >= 4 is 23.3 Å². The second-order valence-corrected chi connectivity index (χ2v) is 5.61. The van der Waals surface area contributed by atoms with Crippen molar-refractivity contribution in [2.24, 2.45) is 10.9 Å². The molecule has 0 radical (unpaired) electrons. The van der Waals surface area contributed by atoms with Crippen LogP contribution in [-0.2, 0) is 14.3 Å².